The molecule has 0 saturated carbocycles. The Morgan fingerprint density at radius 1 is 1.20 bits per heavy atom. The van der Waals surface area contributed by atoms with E-state index in [1.165, 1.54) is 19.3 Å². The van der Waals surface area contributed by atoms with E-state index in [4.69, 9.17) is 4.74 Å². The highest BCUT2D eigenvalue weighted by atomic mass is 16.5. The second-order valence-electron chi connectivity index (χ2n) is 6.51. The molecule has 0 aromatic rings. The largest absolute Gasteiger partial charge is 0.375 e. The lowest BCUT2D eigenvalue weighted by molar-refractivity contribution is 0.0355. The summed E-state index contributed by atoms with van der Waals surface area (Å²) in [4.78, 5) is 0. The van der Waals surface area contributed by atoms with E-state index in [0.717, 1.165) is 6.61 Å². The Balaban J connectivity index is 2.17. The van der Waals surface area contributed by atoms with Gasteiger partial charge in [-0.3, -0.25) is 0 Å². The van der Waals surface area contributed by atoms with Crippen molar-refractivity contribution >= 4 is 0 Å². The van der Waals surface area contributed by atoms with E-state index in [-0.39, 0.29) is 5.60 Å². The predicted molar refractivity (Wildman–Crippen MR) is 63.9 cm³/mol. The highest BCUT2D eigenvalue weighted by molar-refractivity contribution is 5.28. The zero-order valence-corrected chi connectivity index (χ0v) is 10.8. The van der Waals surface area contributed by atoms with Crippen LogP contribution in [0, 0.1) is 11.3 Å². The van der Waals surface area contributed by atoms with Gasteiger partial charge in [0.15, 0.2) is 0 Å². The van der Waals surface area contributed by atoms with E-state index in [9.17, 15) is 0 Å². The minimum absolute atomic E-state index is 0.102. The Labute approximate surface area is 93.9 Å². The van der Waals surface area contributed by atoms with Gasteiger partial charge >= 0.3 is 0 Å². The van der Waals surface area contributed by atoms with Crippen molar-refractivity contribution in [1.82, 2.24) is 0 Å². The van der Waals surface area contributed by atoms with Gasteiger partial charge in [-0.05, 0) is 45.4 Å². The Morgan fingerprint density at radius 2 is 1.87 bits per heavy atom. The molecule has 1 heteroatoms. The molecule has 0 aromatic carbocycles. The molecule has 0 amide bonds. The molecular formula is C14H24O. The number of ether oxygens (including phenoxy) is 1. The fraction of sp³-hybridized carbons (Fsp3) is 0.857. The highest BCUT2D eigenvalue weighted by Gasteiger charge is 2.39. The first kappa shape index (κ1) is 11.2. The first-order chi connectivity index (χ1) is 6.82. The van der Waals surface area contributed by atoms with Gasteiger partial charge < -0.3 is 4.74 Å². The van der Waals surface area contributed by atoms with E-state index in [1.54, 1.807) is 11.1 Å². The van der Waals surface area contributed by atoms with Crippen LogP contribution in [0.25, 0.3) is 0 Å². The molecule has 86 valence electrons. The fourth-order valence-corrected chi connectivity index (χ4v) is 3.03. The summed E-state index contributed by atoms with van der Waals surface area (Å²) in [5.41, 5.74) is 3.87. The summed E-state index contributed by atoms with van der Waals surface area (Å²) in [7, 11) is 0. The van der Waals surface area contributed by atoms with E-state index in [0.29, 0.717) is 11.3 Å². The van der Waals surface area contributed by atoms with Gasteiger partial charge in [0.1, 0.15) is 0 Å². The molecule has 1 fully saturated rings. The van der Waals surface area contributed by atoms with Crippen LogP contribution in [0.4, 0.5) is 0 Å². The van der Waals surface area contributed by atoms with Crippen LogP contribution in [0.5, 0.6) is 0 Å². The third kappa shape index (κ3) is 1.99. The lowest BCUT2D eigenvalue weighted by Crippen LogP contribution is -2.17. The predicted octanol–water partition coefficient (Wildman–Crippen LogP) is 3.94. The van der Waals surface area contributed by atoms with E-state index < -0.39 is 0 Å². The second-order valence-corrected chi connectivity index (χ2v) is 6.51. The molecule has 1 unspecified atom stereocenters. The molecule has 2 aliphatic rings. The molecule has 1 aliphatic heterocycles. The van der Waals surface area contributed by atoms with Gasteiger partial charge in [-0.1, -0.05) is 25.0 Å². The number of rotatable bonds is 1. The van der Waals surface area contributed by atoms with Crippen LogP contribution < -0.4 is 0 Å². The quantitative estimate of drug-likeness (QED) is 0.593. The summed E-state index contributed by atoms with van der Waals surface area (Å²) < 4.78 is 5.85. The molecule has 2 rings (SSSR count). The lowest BCUT2D eigenvalue weighted by Gasteiger charge is -2.20. The smallest absolute Gasteiger partial charge is 0.0633 e. The number of hydrogen-bond donors (Lipinski definition) is 0. The Morgan fingerprint density at radius 3 is 2.27 bits per heavy atom. The molecule has 1 heterocycles. The third-order valence-corrected chi connectivity index (χ3v) is 4.42. The van der Waals surface area contributed by atoms with E-state index in [1.807, 2.05) is 0 Å². The molecule has 0 radical (unpaired) electrons. The Kier molecular flexibility index (Phi) is 2.50. The van der Waals surface area contributed by atoms with Crippen LogP contribution in [-0.2, 0) is 4.74 Å². The normalized spacial score (nSPS) is 33.8. The summed E-state index contributed by atoms with van der Waals surface area (Å²) in [5.74, 6) is 0.696. The van der Waals surface area contributed by atoms with Crippen LogP contribution in [0.2, 0.25) is 0 Å². The van der Waals surface area contributed by atoms with Gasteiger partial charge in [0.25, 0.3) is 0 Å². The summed E-state index contributed by atoms with van der Waals surface area (Å²) in [5, 5.41) is 0. The summed E-state index contributed by atoms with van der Waals surface area (Å²) in [6.45, 7) is 12.4. The molecule has 0 bridgehead atoms. The van der Waals surface area contributed by atoms with Crippen LogP contribution in [0.3, 0.4) is 0 Å². The monoisotopic (exact) mass is 208 g/mol. The topological polar surface area (TPSA) is 9.23 Å². The van der Waals surface area contributed by atoms with Crippen molar-refractivity contribution < 1.29 is 4.74 Å². The molecule has 0 spiro atoms. The average molecular weight is 208 g/mol. The van der Waals surface area contributed by atoms with Crippen molar-refractivity contribution in [1.29, 1.82) is 0 Å². The van der Waals surface area contributed by atoms with Gasteiger partial charge in [-0.25, -0.2) is 0 Å². The zero-order valence-electron chi connectivity index (χ0n) is 10.8. The maximum atomic E-state index is 5.85. The minimum atomic E-state index is 0.102. The van der Waals surface area contributed by atoms with Crippen molar-refractivity contribution in [3.63, 3.8) is 0 Å². The molecule has 0 N–H and O–H groups in total. The third-order valence-electron chi connectivity index (χ3n) is 4.42. The van der Waals surface area contributed by atoms with Gasteiger partial charge in [-0.15, -0.1) is 0 Å². The van der Waals surface area contributed by atoms with Crippen molar-refractivity contribution in [2.24, 2.45) is 11.3 Å². The van der Waals surface area contributed by atoms with Crippen molar-refractivity contribution in [3.8, 4) is 0 Å². The maximum Gasteiger partial charge on any atom is 0.0633 e. The minimum Gasteiger partial charge on any atom is -0.375 e. The zero-order chi connectivity index (χ0) is 11.3. The summed E-state index contributed by atoms with van der Waals surface area (Å²) in [6.07, 6.45) is 3.82. The molecular weight excluding hydrogens is 184 g/mol. The highest BCUT2D eigenvalue weighted by Crippen LogP contribution is 2.47. The molecule has 15 heavy (non-hydrogen) atoms. The SMILES string of the molecule is CC1=C(C2COC(C)(C)C2)CCC1(C)C. The molecule has 1 aliphatic carbocycles. The van der Waals surface area contributed by atoms with Gasteiger partial charge in [-0.2, -0.15) is 0 Å². The molecule has 1 atom stereocenters. The van der Waals surface area contributed by atoms with Crippen LogP contribution in [0.1, 0.15) is 53.9 Å². The van der Waals surface area contributed by atoms with Crippen LogP contribution >= 0.6 is 0 Å². The molecule has 1 saturated heterocycles. The number of hydrogen-bond acceptors (Lipinski definition) is 1. The Hall–Kier alpha value is -0.300. The first-order valence-corrected chi connectivity index (χ1v) is 6.16. The van der Waals surface area contributed by atoms with Crippen molar-refractivity contribution in [2.45, 2.75) is 59.5 Å². The summed E-state index contributed by atoms with van der Waals surface area (Å²) >= 11 is 0. The number of allylic oxidation sites excluding steroid dienone is 1. The van der Waals surface area contributed by atoms with Crippen molar-refractivity contribution in [2.75, 3.05) is 6.61 Å². The maximum absolute atomic E-state index is 5.85. The van der Waals surface area contributed by atoms with Gasteiger partial charge in [0.05, 0.1) is 12.2 Å². The standard InChI is InChI=1S/C14H24O/c1-10-12(6-7-13(10,2)3)11-8-14(4,5)15-9-11/h11H,6-9H2,1-5H3. The van der Waals surface area contributed by atoms with E-state index in [2.05, 4.69) is 34.6 Å². The van der Waals surface area contributed by atoms with Crippen LogP contribution in [-0.4, -0.2) is 12.2 Å². The van der Waals surface area contributed by atoms with Gasteiger partial charge in [0, 0.05) is 5.92 Å². The average Bonchev–Trinajstić information content (AvgIpc) is 2.56. The van der Waals surface area contributed by atoms with E-state index >= 15 is 0 Å². The first-order valence-electron chi connectivity index (χ1n) is 6.16. The molecule has 0 aromatic heterocycles. The van der Waals surface area contributed by atoms with Crippen molar-refractivity contribution in [3.05, 3.63) is 11.1 Å². The van der Waals surface area contributed by atoms with Crippen LogP contribution in [0.15, 0.2) is 11.1 Å². The Bertz CT molecular complexity index is 296. The van der Waals surface area contributed by atoms with Gasteiger partial charge in [0.2, 0.25) is 0 Å². The summed E-state index contributed by atoms with van der Waals surface area (Å²) in [6, 6.07) is 0. The molecule has 1 nitrogen and oxygen atoms in total. The fourth-order valence-electron chi connectivity index (χ4n) is 3.03. The lowest BCUT2D eigenvalue weighted by atomic mass is 9.84. The second kappa shape index (κ2) is 3.35.